The van der Waals surface area contributed by atoms with Crippen LogP contribution in [0.15, 0.2) is 22.7 Å². The van der Waals surface area contributed by atoms with Gasteiger partial charge in [0, 0.05) is 16.2 Å². The van der Waals surface area contributed by atoms with Crippen molar-refractivity contribution in [2.75, 3.05) is 12.4 Å². The molecule has 0 atom stereocenters. The summed E-state index contributed by atoms with van der Waals surface area (Å²) in [5.41, 5.74) is 2.37. The molecule has 1 aliphatic rings. The fourth-order valence-electron chi connectivity index (χ4n) is 2.56. The lowest BCUT2D eigenvalue weighted by molar-refractivity contribution is -0.146. The Morgan fingerprint density at radius 1 is 1.32 bits per heavy atom. The van der Waals surface area contributed by atoms with E-state index in [1.54, 1.807) is 0 Å². The fraction of sp³-hybridized carbons (Fsp3) is 0.533. The van der Waals surface area contributed by atoms with Crippen molar-refractivity contribution in [1.29, 1.82) is 0 Å². The smallest absolute Gasteiger partial charge is 0.308 e. The van der Waals surface area contributed by atoms with E-state index in [2.05, 4.69) is 46.4 Å². The number of esters is 1. The second-order valence-electron chi connectivity index (χ2n) is 5.18. The van der Waals surface area contributed by atoms with E-state index < -0.39 is 0 Å². The normalized spacial score (nSPS) is 22.9. The molecule has 1 aromatic rings. The number of aryl methyl sites for hydroxylation is 1. The summed E-state index contributed by atoms with van der Waals surface area (Å²) in [6.07, 6.45) is 3.87. The van der Waals surface area contributed by atoms with Crippen LogP contribution in [0.5, 0.6) is 0 Å². The van der Waals surface area contributed by atoms with Crippen molar-refractivity contribution in [3.05, 3.63) is 28.2 Å². The third-order valence-electron chi connectivity index (χ3n) is 3.80. The first kappa shape index (κ1) is 14.4. The second kappa shape index (κ2) is 6.42. The Bertz CT molecular complexity index is 453. The molecule has 0 aliphatic heterocycles. The summed E-state index contributed by atoms with van der Waals surface area (Å²) in [6.45, 7) is 2.08. The summed E-state index contributed by atoms with van der Waals surface area (Å²) in [5.74, 6) is 0.0318. The van der Waals surface area contributed by atoms with Gasteiger partial charge in [0.2, 0.25) is 0 Å². The monoisotopic (exact) mass is 325 g/mol. The summed E-state index contributed by atoms with van der Waals surface area (Å²) < 4.78 is 5.93. The number of hydrogen-bond donors (Lipinski definition) is 1. The Morgan fingerprint density at radius 3 is 2.58 bits per heavy atom. The van der Waals surface area contributed by atoms with E-state index in [-0.39, 0.29) is 11.9 Å². The average Bonchev–Trinajstić information content (AvgIpc) is 2.43. The third-order valence-corrected chi connectivity index (χ3v) is 4.66. The standard InChI is InChI=1S/C15H20BrNO2/c1-10-3-6-13(9-14(10)16)17-12-7-4-11(5-8-12)15(18)19-2/h3,6,9,11-12,17H,4-5,7-8H2,1-2H3. The van der Waals surface area contributed by atoms with E-state index in [0.29, 0.717) is 6.04 Å². The highest BCUT2D eigenvalue weighted by Gasteiger charge is 2.26. The predicted molar refractivity (Wildman–Crippen MR) is 80.3 cm³/mol. The van der Waals surface area contributed by atoms with Crippen LogP contribution in [0, 0.1) is 12.8 Å². The van der Waals surface area contributed by atoms with Crippen molar-refractivity contribution < 1.29 is 9.53 Å². The van der Waals surface area contributed by atoms with Crippen LogP contribution in [0.2, 0.25) is 0 Å². The Balaban J connectivity index is 1.88. The second-order valence-corrected chi connectivity index (χ2v) is 6.03. The van der Waals surface area contributed by atoms with Crippen LogP contribution < -0.4 is 5.32 Å². The first-order chi connectivity index (χ1) is 9.10. The number of rotatable bonds is 3. The lowest BCUT2D eigenvalue weighted by Crippen LogP contribution is -2.29. The van der Waals surface area contributed by atoms with Gasteiger partial charge in [-0.15, -0.1) is 0 Å². The number of hydrogen-bond acceptors (Lipinski definition) is 3. The van der Waals surface area contributed by atoms with Crippen LogP contribution in [0.25, 0.3) is 0 Å². The molecule has 0 heterocycles. The van der Waals surface area contributed by atoms with Crippen LogP contribution in [0.1, 0.15) is 31.2 Å². The lowest BCUT2D eigenvalue weighted by Gasteiger charge is -2.28. The van der Waals surface area contributed by atoms with Crippen LogP contribution >= 0.6 is 15.9 Å². The van der Waals surface area contributed by atoms with Gasteiger partial charge in [-0.1, -0.05) is 22.0 Å². The molecule has 1 aliphatic carbocycles. The molecule has 4 heteroatoms. The van der Waals surface area contributed by atoms with Gasteiger partial charge in [0.05, 0.1) is 13.0 Å². The molecular formula is C15H20BrNO2. The van der Waals surface area contributed by atoms with Gasteiger partial charge in [0.1, 0.15) is 0 Å². The van der Waals surface area contributed by atoms with E-state index in [9.17, 15) is 4.79 Å². The highest BCUT2D eigenvalue weighted by molar-refractivity contribution is 9.10. The Labute approximate surface area is 122 Å². The zero-order chi connectivity index (χ0) is 13.8. The van der Waals surface area contributed by atoms with Crippen molar-refractivity contribution in [2.24, 2.45) is 5.92 Å². The summed E-state index contributed by atoms with van der Waals surface area (Å²) in [7, 11) is 1.47. The molecule has 0 unspecified atom stereocenters. The van der Waals surface area contributed by atoms with E-state index >= 15 is 0 Å². The molecule has 1 fully saturated rings. The molecule has 1 aromatic carbocycles. The molecule has 0 radical (unpaired) electrons. The molecule has 2 rings (SSSR count). The van der Waals surface area contributed by atoms with Crippen LogP contribution in [0.4, 0.5) is 5.69 Å². The first-order valence-corrected chi connectivity index (χ1v) is 7.50. The molecule has 104 valence electrons. The Kier molecular flexibility index (Phi) is 4.86. The number of methoxy groups -OCH3 is 1. The summed E-state index contributed by atoms with van der Waals surface area (Å²) >= 11 is 3.55. The predicted octanol–water partition coefficient (Wildman–Crippen LogP) is 3.90. The molecule has 0 bridgehead atoms. The minimum atomic E-state index is -0.0588. The summed E-state index contributed by atoms with van der Waals surface area (Å²) in [5, 5.41) is 3.54. The molecule has 0 saturated heterocycles. The fourth-order valence-corrected chi connectivity index (χ4v) is 2.94. The maximum Gasteiger partial charge on any atom is 0.308 e. The number of anilines is 1. The maximum atomic E-state index is 11.5. The minimum Gasteiger partial charge on any atom is -0.469 e. The van der Waals surface area contributed by atoms with E-state index in [1.165, 1.54) is 12.7 Å². The molecule has 1 N–H and O–H groups in total. The molecule has 19 heavy (non-hydrogen) atoms. The van der Waals surface area contributed by atoms with Gasteiger partial charge >= 0.3 is 5.97 Å². The minimum absolute atomic E-state index is 0.0588. The zero-order valence-electron chi connectivity index (χ0n) is 11.4. The molecule has 0 amide bonds. The molecular weight excluding hydrogens is 306 g/mol. The van der Waals surface area contributed by atoms with Crippen LogP contribution in [0.3, 0.4) is 0 Å². The van der Waals surface area contributed by atoms with Gasteiger partial charge < -0.3 is 10.1 Å². The molecule has 1 saturated carbocycles. The van der Waals surface area contributed by atoms with Crippen molar-refractivity contribution in [3.63, 3.8) is 0 Å². The van der Waals surface area contributed by atoms with Gasteiger partial charge in [0.15, 0.2) is 0 Å². The highest BCUT2D eigenvalue weighted by Crippen LogP contribution is 2.28. The summed E-state index contributed by atoms with van der Waals surface area (Å²) in [6, 6.07) is 6.77. The van der Waals surface area contributed by atoms with Crippen LogP contribution in [-0.4, -0.2) is 19.1 Å². The SMILES string of the molecule is COC(=O)C1CCC(Nc2ccc(C)c(Br)c2)CC1. The molecule has 0 aromatic heterocycles. The number of ether oxygens (including phenoxy) is 1. The average molecular weight is 326 g/mol. The summed E-state index contributed by atoms with van der Waals surface area (Å²) in [4.78, 5) is 11.5. The number of nitrogens with one attached hydrogen (secondary N) is 1. The van der Waals surface area contributed by atoms with Gasteiger partial charge in [-0.2, -0.15) is 0 Å². The van der Waals surface area contributed by atoms with Crippen molar-refractivity contribution >= 4 is 27.6 Å². The lowest BCUT2D eigenvalue weighted by atomic mass is 9.86. The largest absolute Gasteiger partial charge is 0.469 e. The number of halogens is 1. The number of carbonyl (C=O) groups is 1. The maximum absolute atomic E-state index is 11.5. The van der Waals surface area contributed by atoms with Gasteiger partial charge in [-0.25, -0.2) is 0 Å². The zero-order valence-corrected chi connectivity index (χ0v) is 13.0. The molecule has 0 spiro atoms. The van der Waals surface area contributed by atoms with Gasteiger partial charge in [-0.3, -0.25) is 4.79 Å². The van der Waals surface area contributed by atoms with Crippen molar-refractivity contribution in [1.82, 2.24) is 0 Å². The quantitative estimate of drug-likeness (QED) is 0.856. The van der Waals surface area contributed by atoms with E-state index in [4.69, 9.17) is 4.74 Å². The first-order valence-electron chi connectivity index (χ1n) is 6.70. The van der Waals surface area contributed by atoms with Gasteiger partial charge in [0.25, 0.3) is 0 Å². The van der Waals surface area contributed by atoms with E-state index in [0.717, 1.165) is 35.8 Å². The Morgan fingerprint density at radius 2 is 2.00 bits per heavy atom. The Hall–Kier alpha value is -1.03. The van der Waals surface area contributed by atoms with Crippen molar-refractivity contribution in [3.8, 4) is 0 Å². The van der Waals surface area contributed by atoms with Gasteiger partial charge in [-0.05, 0) is 50.3 Å². The number of benzene rings is 1. The van der Waals surface area contributed by atoms with E-state index in [1.807, 2.05) is 0 Å². The third kappa shape index (κ3) is 3.72. The topological polar surface area (TPSA) is 38.3 Å². The molecule has 3 nitrogen and oxygen atoms in total. The van der Waals surface area contributed by atoms with Crippen LogP contribution in [-0.2, 0) is 9.53 Å². The highest BCUT2D eigenvalue weighted by atomic mass is 79.9. The van der Waals surface area contributed by atoms with Crippen molar-refractivity contribution in [2.45, 2.75) is 38.6 Å². The number of carbonyl (C=O) groups excluding carboxylic acids is 1.